The quantitative estimate of drug-likeness (QED) is 0.748. The molecule has 1 aromatic heterocycles. The minimum atomic E-state index is -0.380. The molecule has 1 aliphatic rings. The highest BCUT2D eigenvalue weighted by Crippen LogP contribution is 2.23. The minimum absolute atomic E-state index is 0.267. The molecule has 3 aromatic rings. The first-order chi connectivity index (χ1) is 13.0. The Morgan fingerprint density at radius 3 is 2.89 bits per heavy atom. The monoisotopic (exact) mass is 364 g/mol. The van der Waals surface area contributed by atoms with Crippen LogP contribution in [0.1, 0.15) is 32.7 Å². The van der Waals surface area contributed by atoms with Crippen LogP contribution in [0.15, 0.2) is 42.6 Å². The normalized spacial score (nSPS) is 13.3. The van der Waals surface area contributed by atoms with E-state index in [4.69, 9.17) is 0 Å². The van der Waals surface area contributed by atoms with Crippen molar-refractivity contribution in [3.8, 4) is 5.69 Å². The molecule has 0 fully saturated rings. The van der Waals surface area contributed by atoms with Crippen molar-refractivity contribution in [2.75, 3.05) is 11.9 Å². The van der Waals surface area contributed by atoms with Gasteiger partial charge in [0.1, 0.15) is 11.4 Å². The molecule has 0 aliphatic carbocycles. The maximum absolute atomic E-state index is 14.6. The molecule has 27 heavy (non-hydrogen) atoms. The standard InChI is InChI=1S/C21H21FN4O/c1-13-4-3-5-18(19(13)22)26-20(14(2)11-24-26)21(27)25-17-7-6-15-8-9-23-12-16(15)10-17/h3-7,10-11,23H,8-9,12H2,1-2H3,(H,25,27). The zero-order valence-corrected chi connectivity index (χ0v) is 15.3. The van der Waals surface area contributed by atoms with Crippen molar-refractivity contribution in [1.82, 2.24) is 15.1 Å². The van der Waals surface area contributed by atoms with Gasteiger partial charge in [0.15, 0.2) is 5.82 Å². The SMILES string of the molecule is Cc1cccc(-n2ncc(C)c2C(=O)Nc2ccc3c(c2)CNCC3)c1F. The average Bonchev–Trinajstić information content (AvgIpc) is 3.05. The predicted octanol–water partition coefficient (Wildman–Crippen LogP) is 3.53. The largest absolute Gasteiger partial charge is 0.321 e. The highest BCUT2D eigenvalue weighted by molar-refractivity contribution is 6.04. The van der Waals surface area contributed by atoms with Crippen LogP contribution in [0.2, 0.25) is 0 Å². The molecule has 0 spiro atoms. The summed E-state index contributed by atoms with van der Waals surface area (Å²) in [7, 11) is 0. The van der Waals surface area contributed by atoms with Gasteiger partial charge in [-0.2, -0.15) is 5.10 Å². The van der Waals surface area contributed by atoms with E-state index in [1.54, 1.807) is 38.2 Å². The average molecular weight is 364 g/mol. The van der Waals surface area contributed by atoms with E-state index in [9.17, 15) is 9.18 Å². The van der Waals surface area contributed by atoms with Gasteiger partial charge in [-0.1, -0.05) is 18.2 Å². The van der Waals surface area contributed by atoms with E-state index in [1.807, 2.05) is 12.1 Å². The van der Waals surface area contributed by atoms with Gasteiger partial charge in [-0.3, -0.25) is 4.79 Å². The Balaban J connectivity index is 1.67. The Hall–Kier alpha value is -2.99. The number of carbonyl (C=O) groups excluding carboxylic acids is 1. The third-order valence-corrected chi connectivity index (χ3v) is 4.92. The third-order valence-electron chi connectivity index (χ3n) is 4.92. The summed E-state index contributed by atoms with van der Waals surface area (Å²) in [5, 5.41) is 10.5. The van der Waals surface area contributed by atoms with E-state index in [1.165, 1.54) is 15.8 Å². The smallest absolute Gasteiger partial charge is 0.274 e. The number of aromatic nitrogens is 2. The summed E-state index contributed by atoms with van der Waals surface area (Å²) in [6, 6.07) is 11.0. The molecule has 5 nitrogen and oxygen atoms in total. The number of hydrogen-bond donors (Lipinski definition) is 2. The van der Waals surface area contributed by atoms with Crippen LogP contribution >= 0.6 is 0 Å². The number of amides is 1. The Kier molecular flexibility index (Phi) is 4.49. The first kappa shape index (κ1) is 17.4. The van der Waals surface area contributed by atoms with Crippen LogP contribution < -0.4 is 10.6 Å². The molecule has 0 saturated carbocycles. The zero-order chi connectivity index (χ0) is 19.0. The highest BCUT2D eigenvalue weighted by atomic mass is 19.1. The molecule has 0 bridgehead atoms. The predicted molar refractivity (Wildman–Crippen MR) is 103 cm³/mol. The summed E-state index contributed by atoms with van der Waals surface area (Å²) in [6.45, 7) is 5.25. The van der Waals surface area contributed by atoms with Gasteiger partial charge in [0.2, 0.25) is 0 Å². The molecule has 1 aliphatic heterocycles. The van der Waals surface area contributed by atoms with Gasteiger partial charge in [0.05, 0.1) is 6.20 Å². The lowest BCUT2D eigenvalue weighted by atomic mass is 10.0. The second-order valence-corrected chi connectivity index (χ2v) is 6.86. The van der Waals surface area contributed by atoms with E-state index in [2.05, 4.69) is 21.8 Å². The number of nitrogens with zero attached hydrogens (tertiary/aromatic N) is 2. The highest BCUT2D eigenvalue weighted by Gasteiger charge is 2.20. The number of hydrogen-bond acceptors (Lipinski definition) is 3. The van der Waals surface area contributed by atoms with Crippen LogP contribution in [-0.2, 0) is 13.0 Å². The summed E-state index contributed by atoms with van der Waals surface area (Å²) in [5.41, 5.74) is 5.00. The van der Waals surface area contributed by atoms with E-state index < -0.39 is 0 Å². The second-order valence-electron chi connectivity index (χ2n) is 6.86. The van der Waals surface area contributed by atoms with Crippen LogP contribution in [0.3, 0.4) is 0 Å². The summed E-state index contributed by atoms with van der Waals surface area (Å²) in [4.78, 5) is 12.9. The Morgan fingerprint density at radius 2 is 2.04 bits per heavy atom. The van der Waals surface area contributed by atoms with Gasteiger partial charge in [0, 0.05) is 17.8 Å². The Labute approximate surface area is 157 Å². The molecule has 2 N–H and O–H groups in total. The van der Waals surface area contributed by atoms with E-state index in [0.717, 1.165) is 25.2 Å². The summed E-state index contributed by atoms with van der Waals surface area (Å²) in [6.07, 6.45) is 2.57. The molecule has 2 heterocycles. The molecule has 0 unspecified atom stereocenters. The lowest BCUT2D eigenvalue weighted by molar-refractivity contribution is 0.101. The van der Waals surface area contributed by atoms with Crippen molar-refractivity contribution in [2.24, 2.45) is 0 Å². The molecule has 0 radical (unpaired) electrons. The number of anilines is 1. The molecule has 0 atom stereocenters. The Bertz CT molecular complexity index is 1030. The van der Waals surface area contributed by atoms with E-state index >= 15 is 0 Å². The minimum Gasteiger partial charge on any atom is -0.321 e. The zero-order valence-electron chi connectivity index (χ0n) is 15.3. The molecule has 138 valence electrons. The maximum atomic E-state index is 14.6. The molecular formula is C21H21FN4O. The number of rotatable bonds is 3. The fourth-order valence-electron chi connectivity index (χ4n) is 3.43. The van der Waals surface area contributed by atoms with E-state index in [-0.39, 0.29) is 17.4 Å². The van der Waals surface area contributed by atoms with Crippen LogP contribution in [-0.4, -0.2) is 22.2 Å². The summed E-state index contributed by atoms with van der Waals surface area (Å²) in [5.74, 6) is -0.691. The summed E-state index contributed by atoms with van der Waals surface area (Å²) >= 11 is 0. The van der Waals surface area contributed by atoms with Crippen LogP contribution in [0.25, 0.3) is 5.69 Å². The van der Waals surface area contributed by atoms with Gasteiger partial charge in [-0.25, -0.2) is 9.07 Å². The number of aryl methyl sites for hydroxylation is 2. The molecule has 1 amide bonds. The topological polar surface area (TPSA) is 59.0 Å². The van der Waals surface area contributed by atoms with Crippen molar-refractivity contribution in [3.63, 3.8) is 0 Å². The van der Waals surface area contributed by atoms with Crippen molar-refractivity contribution < 1.29 is 9.18 Å². The number of fused-ring (bicyclic) bond motifs is 1. The van der Waals surface area contributed by atoms with Crippen LogP contribution in [0.5, 0.6) is 0 Å². The number of halogens is 1. The Morgan fingerprint density at radius 1 is 1.19 bits per heavy atom. The second kappa shape index (κ2) is 6.96. The van der Waals surface area contributed by atoms with Gasteiger partial charge in [-0.15, -0.1) is 0 Å². The van der Waals surface area contributed by atoms with Gasteiger partial charge in [-0.05, 0) is 61.7 Å². The van der Waals surface area contributed by atoms with Crippen LogP contribution in [0.4, 0.5) is 10.1 Å². The number of benzene rings is 2. The van der Waals surface area contributed by atoms with Gasteiger partial charge < -0.3 is 10.6 Å². The van der Waals surface area contributed by atoms with Crippen molar-refractivity contribution >= 4 is 11.6 Å². The van der Waals surface area contributed by atoms with Crippen molar-refractivity contribution in [1.29, 1.82) is 0 Å². The molecule has 6 heteroatoms. The lowest BCUT2D eigenvalue weighted by Gasteiger charge is -2.18. The number of carbonyl (C=O) groups is 1. The molecular weight excluding hydrogens is 343 g/mol. The molecule has 4 rings (SSSR count). The molecule has 2 aromatic carbocycles. The third kappa shape index (κ3) is 3.24. The number of nitrogens with one attached hydrogen (secondary N) is 2. The molecule has 0 saturated heterocycles. The fraction of sp³-hybridized carbons (Fsp3) is 0.238. The van der Waals surface area contributed by atoms with Gasteiger partial charge >= 0.3 is 0 Å². The van der Waals surface area contributed by atoms with Crippen molar-refractivity contribution in [2.45, 2.75) is 26.8 Å². The van der Waals surface area contributed by atoms with E-state index in [0.29, 0.717) is 16.8 Å². The first-order valence-electron chi connectivity index (χ1n) is 8.98. The maximum Gasteiger partial charge on any atom is 0.274 e. The summed E-state index contributed by atoms with van der Waals surface area (Å²) < 4.78 is 15.9. The van der Waals surface area contributed by atoms with Crippen molar-refractivity contribution in [3.05, 3.63) is 76.4 Å². The van der Waals surface area contributed by atoms with Crippen LogP contribution in [0, 0.1) is 19.7 Å². The first-order valence-corrected chi connectivity index (χ1v) is 8.98. The fourth-order valence-corrected chi connectivity index (χ4v) is 3.43. The van der Waals surface area contributed by atoms with Gasteiger partial charge in [0.25, 0.3) is 5.91 Å². The lowest BCUT2D eigenvalue weighted by Crippen LogP contribution is -2.24.